The molecule has 1 saturated heterocycles. The molecule has 0 saturated carbocycles. The quantitative estimate of drug-likeness (QED) is 0.464. The normalized spacial score (nSPS) is 18.5. The van der Waals surface area contributed by atoms with Crippen LogP contribution in [0.25, 0.3) is 10.8 Å². The topological polar surface area (TPSA) is 106 Å². The lowest BCUT2D eigenvalue weighted by atomic mass is 9.91. The lowest BCUT2D eigenvalue weighted by Gasteiger charge is -2.33. The Balaban J connectivity index is 1.43. The van der Waals surface area contributed by atoms with Crippen molar-refractivity contribution in [2.24, 2.45) is 0 Å². The van der Waals surface area contributed by atoms with Gasteiger partial charge in [-0.25, -0.2) is 4.39 Å². The molecule has 0 bridgehead atoms. The molecule has 2 atom stereocenters. The summed E-state index contributed by atoms with van der Waals surface area (Å²) in [6.45, 7) is 7.19. The van der Waals surface area contributed by atoms with E-state index in [1.807, 2.05) is 0 Å². The summed E-state index contributed by atoms with van der Waals surface area (Å²) < 4.78 is 62.2. The van der Waals surface area contributed by atoms with E-state index in [1.165, 1.54) is 12.1 Å². The van der Waals surface area contributed by atoms with Crippen LogP contribution < -0.4 is 14.8 Å². The number of halogens is 3. The van der Waals surface area contributed by atoms with E-state index in [0.717, 1.165) is 19.9 Å². The standard InChI is InChI=1S/C28H31F3N4O5/c1-15(17-6-5-7-20(24(17)29)28(30,31)27(3,4)37)32-25-19-13-21-22(12-18(19)16(2)33-34-25)40-23(14-39-21)26(36)35-8-10-38-11-9-35/h5-7,12-13,15,23,37H,8-11,14H2,1-4H3,(H,32,34)/t15-,23?/m1/s1. The molecule has 2 aromatic carbocycles. The molecule has 0 radical (unpaired) electrons. The summed E-state index contributed by atoms with van der Waals surface area (Å²) >= 11 is 0. The number of hydrogen-bond donors (Lipinski definition) is 2. The number of alkyl halides is 2. The first-order valence-electron chi connectivity index (χ1n) is 13.0. The van der Waals surface area contributed by atoms with Crippen LogP contribution in [-0.2, 0) is 15.5 Å². The van der Waals surface area contributed by atoms with E-state index in [4.69, 9.17) is 14.2 Å². The van der Waals surface area contributed by atoms with Gasteiger partial charge < -0.3 is 29.5 Å². The number of amides is 1. The second-order valence-corrected chi connectivity index (χ2v) is 10.5. The fourth-order valence-electron chi connectivity index (χ4n) is 4.80. The smallest absolute Gasteiger partial charge is 0.303 e. The third-order valence-electron chi connectivity index (χ3n) is 7.24. The Morgan fingerprint density at radius 1 is 1.15 bits per heavy atom. The fraction of sp³-hybridized carbons (Fsp3) is 0.464. The molecule has 5 rings (SSSR count). The largest absolute Gasteiger partial charge is 0.485 e. The number of ether oxygens (including phenoxy) is 3. The van der Waals surface area contributed by atoms with Gasteiger partial charge in [0, 0.05) is 29.4 Å². The molecule has 2 aliphatic rings. The van der Waals surface area contributed by atoms with E-state index in [2.05, 4.69) is 15.5 Å². The van der Waals surface area contributed by atoms with Crippen LogP contribution in [-0.4, -0.2) is 70.7 Å². The molecule has 3 aromatic rings. The number of aliphatic hydroxyl groups is 1. The molecular weight excluding hydrogens is 529 g/mol. The highest BCUT2D eigenvalue weighted by molar-refractivity contribution is 5.96. The van der Waals surface area contributed by atoms with Crippen LogP contribution in [0.3, 0.4) is 0 Å². The van der Waals surface area contributed by atoms with Crippen LogP contribution in [0.1, 0.15) is 43.6 Å². The third-order valence-corrected chi connectivity index (χ3v) is 7.24. The Hall–Kier alpha value is -3.64. The summed E-state index contributed by atoms with van der Waals surface area (Å²) in [5, 5.41) is 22.7. The lowest BCUT2D eigenvalue weighted by Crippen LogP contribution is -2.50. The van der Waals surface area contributed by atoms with Gasteiger partial charge in [0.1, 0.15) is 18.0 Å². The zero-order valence-electron chi connectivity index (χ0n) is 22.6. The van der Waals surface area contributed by atoms with Crippen molar-refractivity contribution in [1.29, 1.82) is 0 Å². The van der Waals surface area contributed by atoms with E-state index >= 15 is 4.39 Å². The fourth-order valence-corrected chi connectivity index (χ4v) is 4.80. The number of carbonyl (C=O) groups excluding carboxylic acids is 1. The van der Waals surface area contributed by atoms with Crippen LogP contribution in [0.4, 0.5) is 19.0 Å². The highest BCUT2D eigenvalue weighted by Crippen LogP contribution is 2.42. The molecule has 0 spiro atoms. The first-order valence-corrected chi connectivity index (χ1v) is 13.0. The van der Waals surface area contributed by atoms with Gasteiger partial charge in [-0.3, -0.25) is 4.79 Å². The number of carbonyl (C=O) groups is 1. The molecule has 12 heteroatoms. The van der Waals surface area contributed by atoms with E-state index < -0.39 is 35.1 Å². The van der Waals surface area contributed by atoms with Crippen molar-refractivity contribution in [2.45, 2.75) is 51.4 Å². The Kier molecular flexibility index (Phi) is 7.26. The average molecular weight is 561 g/mol. The van der Waals surface area contributed by atoms with Crippen LogP contribution in [0, 0.1) is 12.7 Å². The second kappa shape index (κ2) is 10.4. The van der Waals surface area contributed by atoms with Crippen LogP contribution in [0.2, 0.25) is 0 Å². The van der Waals surface area contributed by atoms with Gasteiger partial charge in [-0.15, -0.1) is 5.10 Å². The molecule has 2 aliphatic heterocycles. The van der Waals surface area contributed by atoms with Crippen LogP contribution in [0.5, 0.6) is 11.5 Å². The number of anilines is 1. The van der Waals surface area contributed by atoms with Crippen molar-refractivity contribution in [3.05, 3.63) is 53.0 Å². The molecule has 1 fully saturated rings. The summed E-state index contributed by atoms with van der Waals surface area (Å²) in [7, 11) is 0. The summed E-state index contributed by atoms with van der Waals surface area (Å²) in [5.41, 5.74) is -2.81. The monoisotopic (exact) mass is 560 g/mol. The minimum Gasteiger partial charge on any atom is -0.485 e. The minimum absolute atomic E-state index is 0.0266. The highest BCUT2D eigenvalue weighted by Gasteiger charge is 2.49. The molecule has 1 aromatic heterocycles. The molecule has 1 amide bonds. The van der Waals surface area contributed by atoms with E-state index in [0.29, 0.717) is 54.3 Å². The zero-order chi connectivity index (χ0) is 28.8. The van der Waals surface area contributed by atoms with Gasteiger partial charge >= 0.3 is 5.92 Å². The van der Waals surface area contributed by atoms with Gasteiger partial charge in [0.05, 0.1) is 30.5 Å². The third kappa shape index (κ3) is 5.01. The Morgan fingerprint density at radius 2 is 1.85 bits per heavy atom. The van der Waals surface area contributed by atoms with E-state index in [1.54, 1.807) is 30.9 Å². The van der Waals surface area contributed by atoms with Gasteiger partial charge in [-0.2, -0.15) is 13.9 Å². The number of fused-ring (bicyclic) bond motifs is 2. The van der Waals surface area contributed by atoms with Gasteiger partial charge in [0.15, 0.2) is 17.3 Å². The van der Waals surface area contributed by atoms with Crippen molar-refractivity contribution >= 4 is 22.5 Å². The number of aromatic nitrogens is 2. The molecular formula is C28H31F3N4O5. The van der Waals surface area contributed by atoms with Crippen LogP contribution in [0.15, 0.2) is 30.3 Å². The summed E-state index contributed by atoms with van der Waals surface area (Å²) in [5.74, 6) is -4.04. The number of hydrogen-bond acceptors (Lipinski definition) is 8. The molecule has 1 unspecified atom stereocenters. The molecule has 0 aliphatic carbocycles. The Morgan fingerprint density at radius 3 is 2.55 bits per heavy atom. The van der Waals surface area contributed by atoms with E-state index in [-0.39, 0.29) is 23.9 Å². The van der Waals surface area contributed by atoms with Gasteiger partial charge in [0.25, 0.3) is 5.91 Å². The maximum Gasteiger partial charge on any atom is 0.303 e. The number of nitrogens with one attached hydrogen (secondary N) is 1. The van der Waals surface area contributed by atoms with Crippen LogP contribution >= 0.6 is 0 Å². The maximum absolute atomic E-state index is 15.3. The number of nitrogens with zero attached hydrogens (tertiary/aromatic N) is 3. The highest BCUT2D eigenvalue weighted by atomic mass is 19.3. The molecule has 214 valence electrons. The van der Waals surface area contributed by atoms with Gasteiger partial charge in [0.2, 0.25) is 6.10 Å². The van der Waals surface area contributed by atoms with Gasteiger partial charge in [-0.1, -0.05) is 12.1 Å². The Labute approximate surface area is 229 Å². The number of morpholine rings is 1. The van der Waals surface area contributed by atoms with Crippen molar-refractivity contribution in [2.75, 3.05) is 38.2 Å². The first-order chi connectivity index (χ1) is 18.9. The Bertz CT molecular complexity index is 1440. The average Bonchev–Trinajstić information content (AvgIpc) is 2.93. The van der Waals surface area contributed by atoms with E-state index in [9.17, 15) is 18.7 Å². The molecule has 3 heterocycles. The SMILES string of the molecule is Cc1nnc(N[C@H](C)c2cccc(C(F)(F)C(C)(C)O)c2F)c2cc3c(cc12)OC(C(=O)N1CCOCC1)CO3. The summed E-state index contributed by atoms with van der Waals surface area (Å²) in [4.78, 5) is 14.6. The summed E-state index contributed by atoms with van der Waals surface area (Å²) in [6, 6.07) is 6.30. The molecule has 2 N–H and O–H groups in total. The predicted molar refractivity (Wildman–Crippen MR) is 140 cm³/mol. The maximum atomic E-state index is 15.3. The minimum atomic E-state index is -3.82. The van der Waals surface area contributed by atoms with Gasteiger partial charge in [-0.05, 0) is 45.9 Å². The molecule has 40 heavy (non-hydrogen) atoms. The molecule has 9 nitrogen and oxygen atoms in total. The predicted octanol–water partition coefficient (Wildman–Crippen LogP) is 4.11. The van der Waals surface area contributed by atoms with Crippen molar-refractivity contribution in [1.82, 2.24) is 15.1 Å². The number of rotatable bonds is 6. The number of aryl methyl sites for hydroxylation is 1. The van der Waals surface area contributed by atoms with Crippen molar-refractivity contribution in [3.63, 3.8) is 0 Å². The van der Waals surface area contributed by atoms with Crippen molar-refractivity contribution < 1.29 is 37.3 Å². The first kappa shape index (κ1) is 27.9. The second-order valence-electron chi connectivity index (χ2n) is 10.5. The van der Waals surface area contributed by atoms with Crippen molar-refractivity contribution in [3.8, 4) is 11.5 Å². The number of benzene rings is 2. The summed E-state index contributed by atoms with van der Waals surface area (Å²) in [6.07, 6.45) is -0.798. The lowest BCUT2D eigenvalue weighted by molar-refractivity contribution is -0.170. The zero-order valence-corrected chi connectivity index (χ0v) is 22.6.